The van der Waals surface area contributed by atoms with E-state index in [4.69, 9.17) is 11.6 Å². The lowest BCUT2D eigenvalue weighted by atomic mass is 10.1. The van der Waals surface area contributed by atoms with Crippen molar-refractivity contribution < 1.29 is 0 Å². The van der Waals surface area contributed by atoms with E-state index in [-0.39, 0.29) is 0 Å². The molecule has 0 aliphatic carbocycles. The summed E-state index contributed by atoms with van der Waals surface area (Å²) in [4.78, 5) is 9.83. The fourth-order valence-corrected chi connectivity index (χ4v) is 3.87. The van der Waals surface area contributed by atoms with Gasteiger partial charge in [-0.15, -0.1) is 11.3 Å². The first-order valence-electron chi connectivity index (χ1n) is 8.10. The number of hydrogen-bond donors (Lipinski definition) is 1. The Bertz CT molecular complexity index is 1010. The summed E-state index contributed by atoms with van der Waals surface area (Å²) >= 11 is 7.74. The van der Waals surface area contributed by atoms with Crippen LogP contribution in [0.4, 0.5) is 10.8 Å². The first-order chi connectivity index (χ1) is 12.7. The molecule has 0 amide bonds. The van der Waals surface area contributed by atoms with Gasteiger partial charge in [-0.1, -0.05) is 23.7 Å². The van der Waals surface area contributed by atoms with Gasteiger partial charge in [-0.2, -0.15) is 5.10 Å². The summed E-state index contributed by atoms with van der Waals surface area (Å²) in [6.07, 6.45) is 4.03. The van der Waals surface area contributed by atoms with Crippen molar-refractivity contribution >= 4 is 33.8 Å². The number of nitrogens with one attached hydrogen (secondary N) is 1. The lowest BCUT2D eigenvalue weighted by molar-refractivity contribution is 0.879. The molecule has 0 fully saturated rings. The number of aromatic nitrogens is 4. The van der Waals surface area contributed by atoms with E-state index < -0.39 is 0 Å². The SMILES string of the molecule is Cc1nc(Nc2ccc(-n3cncn3)cc2)sc1Cc1cccc(Cl)c1. The van der Waals surface area contributed by atoms with Gasteiger partial charge in [-0.25, -0.2) is 14.6 Å². The van der Waals surface area contributed by atoms with Gasteiger partial charge in [0.2, 0.25) is 0 Å². The Morgan fingerprint density at radius 1 is 1.15 bits per heavy atom. The standard InChI is InChI=1S/C19H16ClN5S/c1-13-18(10-14-3-2-4-15(20)9-14)26-19(23-13)24-16-5-7-17(8-6-16)25-12-21-11-22-25/h2-9,11-12H,10H2,1H3,(H,23,24). The molecule has 2 aromatic heterocycles. The minimum absolute atomic E-state index is 0.760. The van der Waals surface area contributed by atoms with Crippen molar-refractivity contribution in [2.45, 2.75) is 13.3 Å². The van der Waals surface area contributed by atoms with Crippen LogP contribution in [0.15, 0.2) is 61.2 Å². The van der Waals surface area contributed by atoms with Gasteiger partial charge in [0.25, 0.3) is 0 Å². The number of nitrogens with zero attached hydrogens (tertiary/aromatic N) is 4. The Balaban J connectivity index is 1.49. The summed E-state index contributed by atoms with van der Waals surface area (Å²) in [6, 6.07) is 15.9. The number of hydrogen-bond acceptors (Lipinski definition) is 5. The number of rotatable bonds is 5. The maximum atomic E-state index is 6.08. The van der Waals surface area contributed by atoms with Gasteiger partial charge in [0.05, 0.1) is 11.4 Å². The average molecular weight is 382 g/mol. The molecule has 2 aromatic carbocycles. The molecule has 0 bridgehead atoms. The number of benzene rings is 2. The van der Waals surface area contributed by atoms with E-state index in [1.54, 1.807) is 22.3 Å². The lowest BCUT2D eigenvalue weighted by Gasteiger charge is -2.04. The predicted molar refractivity (Wildman–Crippen MR) is 106 cm³/mol. The Labute approximate surface area is 160 Å². The van der Waals surface area contributed by atoms with Crippen molar-refractivity contribution in [2.24, 2.45) is 0 Å². The van der Waals surface area contributed by atoms with E-state index in [2.05, 4.69) is 26.4 Å². The van der Waals surface area contributed by atoms with E-state index >= 15 is 0 Å². The molecule has 7 heteroatoms. The number of anilines is 2. The third-order valence-electron chi connectivity index (χ3n) is 3.95. The molecule has 2 heterocycles. The minimum Gasteiger partial charge on any atom is -0.332 e. The molecule has 1 N–H and O–H groups in total. The molecule has 5 nitrogen and oxygen atoms in total. The highest BCUT2D eigenvalue weighted by Crippen LogP contribution is 2.28. The van der Waals surface area contributed by atoms with Crippen molar-refractivity contribution in [3.63, 3.8) is 0 Å². The summed E-state index contributed by atoms with van der Waals surface area (Å²) in [6.45, 7) is 2.04. The second-order valence-corrected chi connectivity index (χ2v) is 7.37. The molecule has 130 valence electrons. The molecule has 4 rings (SSSR count). The minimum atomic E-state index is 0.760. The van der Waals surface area contributed by atoms with Crippen LogP contribution in [0.5, 0.6) is 0 Å². The third kappa shape index (κ3) is 3.76. The molecule has 0 saturated heterocycles. The van der Waals surface area contributed by atoms with Crippen LogP contribution in [-0.2, 0) is 6.42 Å². The van der Waals surface area contributed by atoms with Gasteiger partial charge in [-0.3, -0.25) is 0 Å². The highest BCUT2D eigenvalue weighted by atomic mass is 35.5. The van der Waals surface area contributed by atoms with Gasteiger partial charge in [0, 0.05) is 22.0 Å². The molecular weight excluding hydrogens is 366 g/mol. The molecule has 0 atom stereocenters. The van der Waals surface area contributed by atoms with Gasteiger partial charge >= 0.3 is 0 Å². The Morgan fingerprint density at radius 2 is 2.00 bits per heavy atom. The van der Waals surface area contributed by atoms with E-state index in [1.165, 1.54) is 16.8 Å². The van der Waals surface area contributed by atoms with Crippen molar-refractivity contribution in [2.75, 3.05) is 5.32 Å². The fourth-order valence-electron chi connectivity index (χ4n) is 2.64. The van der Waals surface area contributed by atoms with Crippen molar-refractivity contribution in [3.05, 3.63) is 82.3 Å². The van der Waals surface area contributed by atoms with E-state index in [0.29, 0.717) is 0 Å². The highest BCUT2D eigenvalue weighted by molar-refractivity contribution is 7.15. The Hall–Kier alpha value is -2.70. The summed E-state index contributed by atoms with van der Waals surface area (Å²) < 4.78 is 1.72. The molecule has 0 spiro atoms. The first kappa shape index (κ1) is 16.8. The molecule has 26 heavy (non-hydrogen) atoms. The maximum Gasteiger partial charge on any atom is 0.187 e. The molecular formula is C19H16ClN5S. The maximum absolute atomic E-state index is 6.08. The zero-order chi connectivity index (χ0) is 17.9. The van der Waals surface area contributed by atoms with E-state index in [1.807, 2.05) is 49.4 Å². The van der Waals surface area contributed by atoms with Crippen molar-refractivity contribution in [1.29, 1.82) is 0 Å². The summed E-state index contributed by atoms with van der Waals surface area (Å²) in [5.74, 6) is 0. The van der Waals surface area contributed by atoms with Gasteiger partial charge < -0.3 is 5.32 Å². The summed E-state index contributed by atoms with van der Waals surface area (Å²) in [5, 5.41) is 9.14. The molecule has 0 aliphatic rings. The largest absolute Gasteiger partial charge is 0.332 e. The van der Waals surface area contributed by atoms with Crippen LogP contribution in [0.3, 0.4) is 0 Å². The van der Waals surface area contributed by atoms with Crippen LogP contribution >= 0.6 is 22.9 Å². The quantitative estimate of drug-likeness (QED) is 0.527. The smallest absolute Gasteiger partial charge is 0.187 e. The van der Waals surface area contributed by atoms with Crippen LogP contribution in [0.25, 0.3) is 5.69 Å². The first-order valence-corrected chi connectivity index (χ1v) is 9.30. The molecule has 0 unspecified atom stereocenters. The van der Waals surface area contributed by atoms with Crippen LogP contribution in [0, 0.1) is 6.92 Å². The van der Waals surface area contributed by atoms with Gasteiger partial charge in [0.1, 0.15) is 12.7 Å². The van der Waals surface area contributed by atoms with Crippen LogP contribution in [0.1, 0.15) is 16.1 Å². The highest BCUT2D eigenvalue weighted by Gasteiger charge is 2.09. The topological polar surface area (TPSA) is 55.6 Å². The molecule has 4 aromatic rings. The zero-order valence-corrected chi connectivity index (χ0v) is 15.6. The van der Waals surface area contributed by atoms with Crippen LogP contribution in [-0.4, -0.2) is 19.7 Å². The van der Waals surface area contributed by atoms with Crippen LogP contribution in [0.2, 0.25) is 5.02 Å². The normalized spacial score (nSPS) is 10.8. The monoisotopic (exact) mass is 381 g/mol. The molecule has 0 saturated carbocycles. The Kier molecular flexibility index (Phi) is 4.69. The van der Waals surface area contributed by atoms with E-state index in [0.717, 1.165) is 33.6 Å². The number of aryl methyl sites for hydroxylation is 1. The number of halogens is 1. The van der Waals surface area contributed by atoms with Gasteiger partial charge in [0.15, 0.2) is 5.13 Å². The number of thiazole rings is 1. The Morgan fingerprint density at radius 3 is 2.73 bits per heavy atom. The fraction of sp³-hybridized carbons (Fsp3) is 0.105. The van der Waals surface area contributed by atoms with E-state index in [9.17, 15) is 0 Å². The second kappa shape index (κ2) is 7.27. The van der Waals surface area contributed by atoms with Crippen molar-refractivity contribution in [3.8, 4) is 5.69 Å². The zero-order valence-electron chi connectivity index (χ0n) is 14.1. The van der Waals surface area contributed by atoms with Gasteiger partial charge in [-0.05, 0) is 48.9 Å². The second-order valence-electron chi connectivity index (χ2n) is 5.85. The third-order valence-corrected chi connectivity index (χ3v) is 5.26. The lowest BCUT2D eigenvalue weighted by Crippen LogP contribution is -1.95. The molecule has 0 radical (unpaired) electrons. The van der Waals surface area contributed by atoms with Crippen molar-refractivity contribution in [1.82, 2.24) is 19.7 Å². The average Bonchev–Trinajstić information content (AvgIpc) is 3.27. The van der Waals surface area contributed by atoms with Crippen LogP contribution < -0.4 is 5.32 Å². The predicted octanol–water partition coefficient (Wildman–Crippen LogP) is 5.02. The molecule has 0 aliphatic heterocycles. The summed E-state index contributed by atoms with van der Waals surface area (Å²) in [5.41, 5.74) is 4.17. The summed E-state index contributed by atoms with van der Waals surface area (Å²) in [7, 11) is 0.